The minimum atomic E-state index is -1.26. The highest BCUT2D eigenvalue weighted by atomic mass is 16.5. The summed E-state index contributed by atoms with van der Waals surface area (Å²) >= 11 is 0. The molecule has 0 aromatic rings. The molecular formula is C6H10N2O3. The Labute approximate surface area is 63.7 Å². The van der Waals surface area contributed by atoms with Gasteiger partial charge in [-0.3, -0.25) is 9.59 Å². The van der Waals surface area contributed by atoms with E-state index < -0.39 is 23.3 Å². The molecule has 0 saturated carbocycles. The summed E-state index contributed by atoms with van der Waals surface area (Å²) in [5, 5.41) is 0. The van der Waals surface area contributed by atoms with Crippen LogP contribution in [-0.4, -0.2) is 24.5 Å². The smallest absolute Gasteiger partial charge is 0.238 e. The van der Waals surface area contributed by atoms with Gasteiger partial charge < -0.3 is 16.2 Å². The Balaban J connectivity index is 2.90. The van der Waals surface area contributed by atoms with Crippen LogP contribution in [0, 0.1) is 5.41 Å². The van der Waals surface area contributed by atoms with Gasteiger partial charge in [0.25, 0.3) is 0 Å². The van der Waals surface area contributed by atoms with Crippen LogP contribution in [0.1, 0.15) is 6.92 Å². The zero-order valence-corrected chi connectivity index (χ0v) is 6.16. The van der Waals surface area contributed by atoms with Crippen molar-refractivity contribution < 1.29 is 14.3 Å². The van der Waals surface area contributed by atoms with Crippen molar-refractivity contribution in [1.82, 2.24) is 0 Å². The summed E-state index contributed by atoms with van der Waals surface area (Å²) in [4.78, 5) is 21.6. The molecule has 5 nitrogen and oxygen atoms in total. The average Bonchev–Trinajstić information content (AvgIpc) is 1.83. The molecule has 5 heteroatoms. The first-order valence-corrected chi connectivity index (χ1v) is 3.23. The van der Waals surface area contributed by atoms with Gasteiger partial charge >= 0.3 is 0 Å². The number of carbonyl (C=O) groups excluding carboxylic acids is 2. The summed E-state index contributed by atoms with van der Waals surface area (Å²) in [6.07, 6.45) is -0.488. The normalized spacial score (nSPS) is 27.2. The molecule has 1 saturated heterocycles. The third-order valence-electron chi connectivity index (χ3n) is 2.13. The second-order valence-electron chi connectivity index (χ2n) is 2.65. The molecule has 1 rings (SSSR count). The Morgan fingerprint density at radius 3 is 1.91 bits per heavy atom. The Morgan fingerprint density at radius 1 is 1.45 bits per heavy atom. The van der Waals surface area contributed by atoms with Crippen molar-refractivity contribution in [2.24, 2.45) is 16.9 Å². The number of nitrogens with two attached hydrogens (primary N) is 2. The number of carbonyl (C=O) groups is 2. The van der Waals surface area contributed by atoms with E-state index in [4.69, 9.17) is 16.2 Å². The second-order valence-corrected chi connectivity index (χ2v) is 2.65. The second kappa shape index (κ2) is 2.20. The molecule has 1 fully saturated rings. The van der Waals surface area contributed by atoms with E-state index in [1.807, 2.05) is 0 Å². The van der Waals surface area contributed by atoms with Crippen molar-refractivity contribution in [1.29, 1.82) is 0 Å². The van der Waals surface area contributed by atoms with Gasteiger partial charge in [0.1, 0.15) is 0 Å². The maximum Gasteiger partial charge on any atom is 0.238 e. The van der Waals surface area contributed by atoms with E-state index in [0.717, 1.165) is 0 Å². The molecule has 4 N–H and O–H groups in total. The summed E-state index contributed by atoms with van der Waals surface area (Å²) in [5.74, 6) is -1.41. The predicted octanol–water partition coefficient (Wildman–Crippen LogP) is -1.64. The van der Waals surface area contributed by atoms with Crippen molar-refractivity contribution in [2.75, 3.05) is 6.61 Å². The molecule has 1 aliphatic rings. The Morgan fingerprint density at radius 2 is 1.91 bits per heavy atom. The van der Waals surface area contributed by atoms with Crippen LogP contribution >= 0.6 is 0 Å². The fraction of sp³-hybridized carbons (Fsp3) is 0.667. The maximum absolute atomic E-state index is 10.8. The monoisotopic (exact) mass is 158 g/mol. The van der Waals surface area contributed by atoms with E-state index in [0.29, 0.717) is 0 Å². The number of hydrogen-bond donors (Lipinski definition) is 2. The first-order chi connectivity index (χ1) is 5.01. The first kappa shape index (κ1) is 8.00. The van der Waals surface area contributed by atoms with Crippen LogP contribution < -0.4 is 11.5 Å². The Bertz CT molecular complexity index is 200. The Hall–Kier alpha value is -1.10. The molecule has 1 unspecified atom stereocenters. The van der Waals surface area contributed by atoms with E-state index in [2.05, 4.69) is 0 Å². The first-order valence-electron chi connectivity index (χ1n) is 3.23. The fourth-order valence-electron chi connectivity index (χ4n) is 1.08. The number of primary amides is 2. The lowest BCUT2D eigenvalue weighted by molar-refractivity contribution is -0.190. The van der Waals surface area contributed by atoms with E-state index >= 15 is 0 Å². The van der Waals surface area contributed by atoms with Gasteiger partial charge in [-0.15, -0.1) is 0 Å². The predicted molar refractivity (Wildman–Crippen MR) is 36.2 cm³/mol. The van der Waals surface area contributed by atoms with Crippen LogP contribution in [0.15, 0.2) is 0 Å². The minimum absolute atomic E-state index is 0.0127. The molecule has 1 atom stereocenters. The van der Waals surface area contributed by atoms with Gasteiger partial charge in [-0.1, -0.05) is 0 Å². The van der Waals surface area contributed by atoms with Gasteiger partial charge in [0, 0.05) is 0 Å². The molecule has 0 aliphatic carbocycles. The largest absolute Gasteiger partial charge is 0.375 e. The Kier molecular flexibility index (Phi) is 1.60. The SMILES string of the molecule is CC1OCC1(C(N)=O)C(N)=O. The van der Waals surface area contributed by atoms with E-state index in [-0.39, 0.29) is 6.61 Å². The van der Waals surface area contributed by atoms with E-state index in [1.165, 1.54) is 0 Å². The maximum atomic E-state index is 10.8. The molecule has 0 aromatic heterocycles. The van der Waals surface area contributed by atoms with Gasteiger partial charge in [0.2, 0.25) is 11.8 Å². The standard InChI is InChI=1S/C6H10N2O3/c1-3-6(2-11-3,4(7)9)5(8)10/h3H,2H2,1H3,(H2,7,9)(H2,8,10). The van der Waals surface area contributed by atoms with Crippen molar-refractivity contribution in [3.63, 3.8) is 0 Å². The van der Waals surface area contributed by atoms with Crippen LogP contribution in [0.3, 0.4) is 0 Å². The third-order valence-corrected chi connectivity index (χ3v) is 2.13. The van der Waals surface area contributed by atoms with E-state index in [1.54, 1.807) is 6.92 Å². The molecule has 62 valence electrons. The summed E-state index contributed by atoms with van der Waals surface area (Å²) in [7, 11) is 0. The topological polar surface area (TPSA) is 95.4 Å². The number of rotatable bonds is 2. The highest BCUT2D eigenvalue weighted by Gasteiger charge is 2.56. The molecule has 1 heterocycles. The van der Waals surface area contributed by atoms with Crippen LogP contribution in [0.2, 0.25) is 0 Å². The third kappa shape index (κ3) is 0.808. The summed E-state index contributed by atoms with van der Waals surface area (Å²) in [6.45, 7) is 1.61. The van der Waals surface area contributed by atoms with Crippen LogP contribution in [0.5, 0.6) is 0 Å². The number of ether oxygens (including phenoxy) is 1. The molecule has 0 radical (unpaired) electrons. The zero-order valence-electron chi connectivity index (χ0n) is 6.16. The number of amides is 2. The fourth-order valence-corrected chi connectivity index (χ4v) is 1.08. The molecule has 0 bridgehead atoms. The summed E-state index contributed by atoms with van der Waals surface area (Å²) in [5.41, 5.74) is 8.74. The van der Waals surface area contributed by atoms with Gasteiger partial charge in [0.15, 0.2) is 5.41 Å². The quantitative estimate of drug-likeness (QED) is 0.472. The number of hydrogen-bond acceptors (Lipinski definition) is 3. The zero-order chi connectivity index (χ0) is 8.65. The van der Waals surface area contributed by atoms with Gasteiger partial charge in [-0.2, -0.15) is 0 Å². The van der Waals surface area contributed by atoms with Crippen molar-refractivity contribution in [3.05, 3.63) is 0 Å². The van der Waals surface area contributed by atoms with Crippen molar-refractivity contribution >= 4 is 11.8 Å². The molecular weight excluding hydrogens is 148 g/mol. The van der Waals surface area contributed by atoms with Crippen LogP contribution in [-0.2, 0) is 14.3 Å². The minimum Gasteiger partial charge on any atom is -0.375 e. The lowest BCUT2D eigenvalue weighted by atomic mass is 9.77. The van der Waals surface area contributed by atoms with Crippen LogP contribution in [0.25, 0.3) is 0 Å². The van der Waals surface area contributed by atoms with Gasteiger partial charge in [-0.05, 0) is 6.92 Å². The van der Waals surface area contributed by atoms with Crippen molar-refractivity contribution in [2.45, 2.75) is 13.0 Å². The highest BCUT2D eigenvalue weighted by molar-refractivity contribution is 6.05. The summed E-state index contributed by atoms with van der Waals surface area (Å²) < 4.78 is 4.87. The highest BCUT2D eigenvalue weighted by Crippen LogP contribution is 2.33. The van der Waals surface area contributed by atoms with Crippen LogP contribution in [0.4, 0.5) is 0 Å². The molecule has 0 spiro atoms. The van der Waals surface area contributed by atoms with Crippen molar-refractivity contribution in [3.8, 4) is 0 Å². The molecule has 2 amide bonds. The van der Waals surface area contributed by atoms with Gasteiger partial charge in [0.05, 0.1) is 12.7 Å². The molecule has 0 aromatic carbocycles. The lowest BCUT2D eigenvalue weighted by Crippen LogP contribution is -2.64. The molecule has 1 aliphatic heterocycles. The summed E-state index contributed by atoms with van der Waals surface area (Å²) in [6, 6.07) is 0. The van der Waals surface area contributed by atoms with E-state index in [9.17, 15) is 9.59 Å². The van der Waals surface area contributed by atoms with Gasteiger partial charge in [-0.25, -0.2) is 0 Å². The average molecular weight is 158 g/mol. The lowest BCUT2D eigenvalue weighted by Gasteiger charge is -2.41. The molecule has 11 heavy (non-hydrogen) atoms.